The average molecular weight is 318 g/mol. The van der Waals surface area contributed by atoms with Gasteiger partial charge in [-0.15, -0.1) is 0 Å². The molecule has 15 heavy (non-hydrogen) atoms. The van der Waals surface area contributed by atoms with Crippen LogP contribution in [0, 0.1) is 16.4 Å². The van der Waals surface area contributed by atoms with E-state index in [1.807, 2.05) is 6.92 Å². The first-order valence-electron chi connectivity index (χ1n) is 5.40. The summed E-state index contributed by atoms with van der Waals surface area (Å²) in [6, 6.07) is 0. The summed E-state index contributed by atoms with van der Waals surface area (Å²) in [7, 11) is 0. The van der Waals surface area contributed by atoms with Crippen LogP contribution in [0.3, 0.4) is 0 Å². The molecule has 0 spiro atoms. The Morgan fingerprint density at radius 2 is 2.20 bits per heavy atom. The van der Waals surface area contributed by atoms with Crippen molar-refractivity contribution in [3.05, 3.63) is 25.9 Å². The van der Waals surface area contributed by atoms with Crippen LogP contribution in [0.4, 0.5) is 0 Å². The van der Waals surface area contributed by atoms with Crippen LogP contribution in [0.5, 0.6) is 0 Å². The van der Waals surface area contributed by atoms with Gasteiger partial charge in [0, 0.05) is 6.54 Å². The number of aromatic nitrogens is 2. The molecule has 4 heteroatoms. The minimum absolute atomic E-state index is 0.120. The number of rotatable bonds is 2. The maximum Gasteiger partial charge on any atom is 0.267 e. The van der Waals surface area contributed by atoms with Gasteiger partial charge in [0.25, 0.3) is 5.56 Å². The first-order valence-corrected chi connectivity index (χ1v) is 6.48. The SMILES string of the molecule is Cc1ncn(CC2CCCC2)c(=O)c1I. The van der Waals surface area contributed by atoms with Gasteiger partial charge in [-0.2, -0.15) is 0 Å². The lowest BCUT2D eigenvalue weighted by molar-refractivity contribution is 0.443. The van der Waals surface area contributed by atoms with Gasteiger partial charge in [-0.3, -0.25) is 9.36 Å². The van der Waals surface area contributed by atoms with Crippen LogP contribution in [0.15, 0.2) is 11.1 Å². The first kappa shape index (κ1) is 11.1. The molecule has 0 radical (unpaired) electrons. The molecule has 0 unspecified atom stereocenters. The molecule has 0 N–H and O–H groups in total. The molecule has 1 heterocycles. The van der Waals surface area contributed by atoms with Crippen LogP contribution in [-0.2, 0) is 6.54 Å². The van der Waals surface area contributed by atoms with E-state index >= 15 is 0 Å². The Morgan fingerprint density at radius 1 is 1.53 bits per heavy atom. The summed E-state index contributed by atoms with van der Waals surface area (Å²) in [5, 5.41) is 0. The number of halogens is 1. The molecule has 1 aliphatic rings. The predicted molar refractivity (Wildman–Crippen MR) is 67.9 cm³/mol. The van der Waals surface area contributed by atoms with Gasteiger partial charge in [-0.25, -0.2) is 4.98 Å². The number of hydrogen-bond acceptors (Lipinski definition) is 2. The second kappa shape index (κ2) is 4.63. The molecular weight excluding hydrogens is 303 g/mol. The molecule has 1 aliphatic carbocycles. The Balaban J connectivity index is 2.21. The lowest BCUT2D eigenvalue weighted by Crippen LogP contribution is -2.26. The van der Waals surface area contributed by atoms with Gasteiger partial charge < -0.3 is 0 Å². The summed E-state index contributed by atoms with van der Waals surface area (Å²) in [5.74, 6) is 0.683. The minimum Gasteiger partial charge on any atom is -0.298 e. The van der Waals surface area contributed by atoms with E-state index in [1.54, 1.807) is 10.9 Å². The predicted octanol–water partition coefficient (Wildman–Crippen LogP) is 2.35. The van der Waals surface area contributed by atoms with E-state index in [-0.39, 0.29) is 5.56 Å². The second-order valence-electron chi connectivity index (χ2n) is 4.25. The third-order valence-electron chi connectivity index (χ3n) is 3.09. The lowest BCUT2D eigenvalue weighted by atomic mass is 10.1. The zero-order valence-corrected chi connectivity index (χ0v) is 11.0. The van der Waals surface area contributed by atoms with Gasteiger partial charge in [0.2, 0.25) is 0 Å². The summed E-state index contributed by atoms with van der Waals surface area (Å²) in [6.07, 6.45) is 6.84. The van der Waals surface area contributed by atoms with Crippen molar-refractivity contribution < 1.29 is 0 Å². The Morgan fingerprint density at radius 3 is 2.87 bits per heavy atom. The van der Waals surface area contributed by atoms with E-state index in [0.717, 1.165) is 15.8 Å². The molecule has 0 amide bonds. The smallest absolute Gasteiger partial charge is 0.267 e. The van der Waals surface area contributed by atoms with Crippen molar-refractivity contribution in [2.45, 2.75) is 39.2 Å². The van der Waals surface area contributed by atoms with Crippen LogP contribution >= 0.6 is 22.6 Å². The molecule has 1 saturated carbocycles. The highest BCUT2D eigenvalue weighted by molar-refractivity contribution is 14.1. The molecule has 0 saturated heterocycles. The topological polar surface area (TPSA) is 34.9 Å². The number of hydrogen-bond donors (Lipinski definition) is 0. The lowest BCUT2D eigenvalue weighted by Gasteiger charge is -2.11. The standard InChI is InChI=1S/C11H15IN2O/c1-8-10(12)11(15)14(7-13-8)6-9-4-2-3-5-9/h7,9H,2-6H2,1H3. The fourth-order valence-corrected chi connectivity index (χ4v) is 2.60. The van der Waals surface area contributed by atoms with Crippen LogP contribution in [0.1, 0.15) is 31.4 Å². The fraction of sp³-hybridized carbons (Fsp3) is 0.636. The van der Waals surface area contributed by atoms with E-state index in [9.17, 15) is 4.79 Å². The molecule has 2 rings (SSSR count). The van der Waals surface area contributed by atoms with E-state index in [4.69, 9.17) is 0 Å². The largest absolute Gasteiger partial charge is 0.298 e. The highest BCUT2D eigenvalue weighted by atomic mass is 127. The second-order valence-corrected chi connectivity index (χ2v) is 5.33. The molecule has 82 valence electrons. The average Bonchev–Trinajstić information content (AvgIpc) is 2.72. The molecule has 0 aromatic carbocycles. The van der Waals surface area contributed by atoms with Gasteiger partial charge in [-0.05, 0) is 48.3 Å². The summed E-state index contributed by atoms with van der Waals surface area (Å²) in [4.78, 5) is 16.1. The van der Waals surface area contributed by atoms with Gasteiger partial charge in [0.1, 0.15) is 0 Å². The van der Waals surface area contributed by atoms with Gasteiger partial charge in [-0.1, -0.05) is 12.8 Å². The summed E-state index contributed by atoms with van der Waals surface area (Å²) >= 11 is 2.09. The number of aryl methyl sites for hydroxylation is 1. The van der Waals surface area contributed by atoms with Crippen molar-refractivity contribution >= 4 is 22.6 Å². The van der Waals surface area contributed by atoms with Crippen LogP contribution < -0.4 is 5.56 Å². The molecule has 1 aromatic heterocycles. The number of nitrogens with zero attached hydrogens (tertiary/aromatic N) is 2. The zero-order chi connectivity index (χ0) is 10.8. The Kier molecular flexibility index (Phi) is 3.43. The Hall–Kier alpha value is -0.390. The molecule has 1 aromatic rings. The summed E-state index contributed by atoms with van der Waals surface area (Å²) in [6.45, 7) is 2.73. The van der Waals surface area contributed by atoms with Crippen molar-refractivity contribution in [3.63, 3.8) is 0 Å². The van der Waals surface area contributed by atoms with E-state index in [1.165, 1.54) is 25.7 Å². The maximum atomic E-state index is 11.9. The highest BCUT2D eigenvalue weighted by Crippen LogP contribution is 2.25. The third kappa shape index (κ3) is 2.41. The Labute approximate surface area is 103 Å². The van der Waals surface area contributed by atoms with Crippen molar-refractivity contribution in [1.82, 2.24) is 9.55 Å². The molecular formula is C11H15IN2O. The van der Waals surface area contributed by atoms with Crippen molar-refractivity contribution in [2.75, 3.05) is 0 Å². The normalized spacial score (nSPS) is 17.2. The van der Waals surface area contributed by atoms with Crippen LogP contribution in [0.2, 0.25) is 0 Å². The minimum atomic E-state index is 0.120. The van der Waals surface area contributed by atoms with Gasteiger partial charge >= 0.3 is 0 Å². The molecule has 0 aliphatic heterocycles. The van der Waals surface area contributed by atoms with Gasteiger partial charge in [0.05, 0.1) is 15.6 Å². The van der Waals surface area contributed by atoms with Crippen molar-refractivity contribution in [3.8, 4) is 0 Å². The Bertz CT molecular complexity index is 408. The quantitative estimate of drug-likeness (QED) is 0.785. The molecule has 0 bridgehead atoms. The maximum absolute atomic E-state index is 11.9. The van der Waals surface area contributed by atoms with E-state index < -0.39 is 0 Å². The summed E-state index contributed by atoms with van der Waals surface area (Å²) < 4.78 is 2.53. The fourth-order valence-electron chi connectivity index (χ4n) is 2.15. The van der Waals surface area contributed by atoms with Crippen molar-refractivity contribution in [1.29, 1.82) is 0 Å². The van der Waals surface area contributed by atoms with Gasteiger partial charge in [0.15, 0.2) is 0 Å². The van der Waals surface area contributed by atoms with Crippen LogP contribution in [-0.4, -0.2) is 9.55 Å². The zero-order valence-electron chi connectivity index (χ0n) is 8.87. The molecule has 3 nitrogen and oxygen atoms in total. The monoisotopic (exact) mass is 318 g/mol. The first-order chi connectivity index (χ1) is 7.18. The molecule has 0 atom stereocenters. The summed E-state index contributed by atoms with van der Waals surface area (Å²) in [5.41, 5.74) is 0.957. The highest BCUT2D eigenvalue weighted by Gasteiger charge is 2.16. The molecule has 1 fully saturated rings. The van der Waals surface area contributed by atoms with E-state index in [2.05, 4.69) is 27.6 Å². The van der Waals surface area contributed by atoms with E-state index in [0.29, 0.717) is 5.92 Å². The van der Waals surface area contributed by atoms with Crippen LogP contribution in [0.25, 0.3) is 0 Å². The third-order valence-corrected chi connectivity index (χ3v) is 4.33. The van der Waals surface area contributed by atoms with Crippen molar-refractivity contribution in [2.24, 2.45) is 5.92 Å².